The van der Waals surface area contributed by atoms with Gasteiger partial charge in [-0.1, -0.05) is 29.8 Å². The first-order chi connectivity index (χ1) is 13.5. The quantitative estimate of drug-likeness (QED) is 0.272. The first-order valence-corrected chi connectivity index (χ1v) is 10.3. The van der Waals surface area contributed by atoms with Crippen molar-refractivity contribution in [2.45, 2.75) is 5.03 Å². The smallest absolute Gasteiger partial charge is 0.341 e. The van der Waals surface area contributed by atoms with Crippen molar-refractivity contribution in [2.24, 2.45) is 0 Å². The van der Waals surface area contributed by atoms with E-state index in [2.05, 4.69) is 5.32 Å². The van der Waals surface area contributed by atoms with Crippen LogP contribution in [0.25, 0.3) is 11.1 Å². The second-order valence-corrected chi connectivity index (χ2v) is 7.81. The lowest BCUT2D eigenvalue weighted by atomic mass is 10.0. The molecule has 0 saturated carbocycles. The Kier molecular flexibility index (Phi) is 6.56. The van der Waals surface area contributed by atoms with Crippen LogP contribution in [0.1, 0.15) is 10.4 Å². The highest BCUT2D eigenvalue weighted by molar-refractivity contribution is 7.99. The Morgan fingerprint density at radius 1 is 1.21 bits per heavy atom. The van der Waals surface area contributed by atoms with E-state index in [1.54, 1.807) is 41.8 Å². The number of rotatable bonds is 6. The number of hydrogen-bond donors (Lipinski definition) is 1. The molecule has 0 aliphatic carbocycles. The third-order valence-corrected chi connectivity index (χ3v) is 5.98. The third kappa shape index (κ3) is 4.46. The number of ether oxygens (including phenoxy) is 1. The van der Waals surface area contributed by atoms with Gasteiger partial charge in [0.1, 0.15) is 10.6 Å². The van der Waals surface area contributed by atoms with Crippen molar-refractivity contribution in [3.8, 4) is 11.1 Å². The number of carbonyl (C=O) groups is 2. The van der Waals surface area contributed by atoms with Gasteiger partial charge in [0.25, 0.3) is 5.03 Å². The Bertz CT molecular complexity index is 1020. The molecule has 9 heteroatoms. The molecule has 3 rings (SSSR count). The maximum atomic E-state index is 12.4. The molecular weight excluding hydrogens is 420 g/mol. The summed E-state index contributed by atoms with van der Waals surface area (Å²) in [6.45, 7) is 0. The summed E-state index contributed by atoms with van der Waals surface area (Å²) in [5.41, 5.74) is 1.51. The average Bonchev–Trinajstić information content (AvgIpc) is 3.10. The van der Waals surface area contributed by atoms with Gasteiger partial charge >= 0.3 is 5.97 Å². The largest absolute Gasteiger partial charge is 0.618 e. The van der Waals surface area contributed by atoms with Crippen LogP contribution in [-0.2, 0) is 9.53 Å². The normalized spacial score (nSPS) is 10.5. The summed E-state index contributed by atoms with van der Waals surface area (Å²) >= 11 is 8.57. The number of anilines is 1. The predicted octanol–water partition coefficient (Wildman–Crippen LogP) is 4.22. The number of methoxy groups -OCH3 is 1. The second-order valence-electron chi connectivity index (χ2n) is 5.53. The van der Waals surface area contributed by atoms with Crippen LogP contribution in [0.5, 0.6) is 0 Å². The molecule has 6 nitrogen and oxygen atoms in total. The SMILES string of the molecule is COC(=O)c1c(-c2ccccc2Cl)csc1NC(=O)CSc1cccc[n+]1[O-]. The third-order valence-electron chi connectivity index (χ3n) is 3.74. The van der Waals surface area contributed by atoms with Crippen molar-refractivity contribution in [3.63, 3.8) is 0 Å². The van der Waals surface area contributed by atoms with Gasteiger partial charge in [0.15, 0.2) is 6.20 Å². The zero-order valence-corrected chi connectivity index (χ0v) is 17.1. The summed E-state index contributed by atoms with van der Waals surface area (Å²) in [5, 5.41) is 17.4. The number of esters is 1. The van der Waals surface area contributed by atoms with Crippen LogP contribution in [0.2, 0.25) is 5.02 Å². The van der Waals surface area contributed by atoms with Gasteiger partial charge in [-0.2, -0.15) is 4.73 Å². The number of hydrogen-bond acceptors (Lipinski definition) is 6. The van der Waals surface area contributed by atoms with E-state index in [0.717, 1.165) is 11.8 Å². The van der Waals surface area contributed by atoms with Crippen LogP contribution >= 0.6 is 34.7 Å². The lowest BCUT2D eigenvalue weighted by Gasteiger charge is -2.08. The number of thiophene rings is 1. The molecule has 0 saturated heterocycles. The number of thioether (sulfide) groups is 1. The molecule has 2 heterocycles. The van der Waals surface area contributed by atoms with Crippen LogP contribution < -0.4 is 10.0 Å². The highest BCUT2D eigenvalue weighted by atomic mass is 35.5. The summed E-state index contributed by atoms with van der Waals surface area (Å²) in [5.74, 6) is -0.891. The minimum absolute atomic E-state index is 0.0200. The molecule has 0 fully saturated rings. The Morgan fingerprint density at radius 2 is 1.96 bits per heavy atom. The van der Waals surface area contributed by atoms with E-state index < -0.39 is 5.97 Å². The molecule has 2 aromatic heterocycles. The molecule has 0 aliphatic rings. The number of nitrogens with zero attached hydrogens (tertiary/aromatic N) is 1. The van der Waals surface area contributed by atoms with Crippen molar-refractivity contribution in [3.05, 3.63) is 69.8 Å². The van der Waals surface area contributed by atoms with Gasteiger partial charge in [0.05, 0.1) is 12.9 Å². The van der Waals surface area contributed by atoms with Gasteiger partial charge in [-0.05, 0) is 23.9 Å². The van der Waals surface area contributed by atoms with E-state index in [-0.39, 0.29) is 17.2 Å². The van der Waals surface area contributed by atoms with Crippen LogP contribution in [-0.4, -0.2) is 24.7 Å². The topological polar surface area (TPSA) is 82.3 Å². The van der Waals surface area contributed by atoms with Gasteiger partial charge in [-0.3, -0.25) is 4.79 Å². The molecule has 28 heavy (non-hydrogen) atoms. The fourth-order valence-corrected chi connectivity index (χ4v) is 4.38. The van der Waals surface area contributed by atoms with Crippen molar-refractivity contribution in [1.29, 1.82) is 0 Å². The molecule has 3 aromatic rings. The molecule has 144 valence electrons. The number of halogens is 1. The molecule has 1 aromatic carbocycles. The Balaban J connectivity index is 1.82. The first kappa shape index (κ1) is 20.2. The molecule has 0 aliphatic heterocycles. The monoisotopic (exact) mass is 434 g/mol. The van der Waals surface area contributed by atoms with Crippen LogP contribution in [0.3, 0.4) is 0 Å². The van der Waals surface area contributed by atoms with Gasteiger partial charge in [-0.15, -0.1) is 11.3 Å². The zero-order valence-electron chi connectivity index (χ0n) is 14.7. The molecule has 1 amide bonds. The molecule has 1 N–H and O–H groups in total. The van der Waals surface area contributed by atoms with E-state index in [4.69, 9.17) is 16.3 Å². The van der Waals surface area contributed by atoms with E-state index in [1.165, 1.54) is 24.6 Å². The van der Waals surface area contributed by atoms with Crippen LogP contribution in [0.15, 0.2) is 59.1 Å². The maximum Gasteiger partial charge on any atom is 0.341 e. The van der Waals surface area contributed by atoms with E-state index >= 15 is 0 Å². The molecule has 0 unspecified atom stereocenters. The number of benzene rings is 1. The maximum absolute atomic E-state index is 12.4. The fraction of sp³-hybridized carbons (Fsp3) is 0.105. The summed E-state index contributed by atoms with van der Waals surface area (Å²) in [6.07, 6.45) is 1.37. The summed E-state index contributed by atoms with van der Waals surface area (Å²) < 4.78 is 5.58. The van der Waals surface area contributed by atoms with E-state index in [9.17, 15) is 14.8 Å². The minimum Gasteiger partial charge on any atom is -0.618 e. The number of carbonyl (C=O) groups excluding carboxylic acids is 2. The highest BCUT2D eigenvalue weighted by Gasteiger charge is 2.23. The summed E-state index contributed by atoms with van der Waals surface area (Å²) in [6, 6.07) is 12.1. The Labute approximate surface area is 174 Å². The number of amides is 1. The Morgan fingerprint density at radius 3 is 2.68 bits per heavy atom. The van der Waals surface area contributed by atoms with Gasteiger partial charge < -0.3 is 15.3 Å². The van der Waals surface area contributed by atoms with Crippen molar-refractivity contribution in [2.75, 3.05) is 18.2 Å². The van der Waals surface area contributed by atoms with Crippen LogP contribution in [0.4, 0.5) is 5.00 Å². The summed E-state index contributed by atoms with van der Waals surface area (Å²) in [7, 11) is 1.28. The fourth-order valence-electron chi connectivity index (χ4n) is 2.46. The number of aromatic nitrogens is 1. The molecule has 0 radical (unpaired) electrons. The van der Waals surface area contributed by atoms with E-state index in [0.29, 0.717) is 30.9 Å². The van der Waals surface area contributed by atoms with Gasteiger partial charge in [-0.25, -0.2) is 4.79 Å². The van der Waals surface area contributed by atoms with Gasteiger partial charge in [0, 0.05) is 33.7 Å². The molecule has 0 atom stereocenters. The lowest BCUT2D eigenvalue weighted by Crippen LogP contribution is -2.28. The van der Waals surface area contributed by atoms with Crippen molar-refractivity contribution >= 4 is 51.6 Å². The number of pyridine rings is 1. The standard InChI is InChI=1S/C19H15ClN2O4S2/c1-26-19(24)17-13(12-6-2-3-7-14(12)20)10-28-18(17)21-15(23)11-27-16-8-4-5-9-22(16)25/h2-10H,11H2,1H3,(H,21,23). The number of nitrogens with one attached hydrogen (secondary N) is 1. The first-order valence-electron chi connectivity index (χ1n) is 8.06. The molecular formula is C19H15ClN2O4S2. The van der Waals surface area contributed by atoms with Gasteiger partial charge in [0.2, 0.25) is 5.91 Å². The second kappa shape index (κ2) is 9.09. The Hall–Kier alpha value is -2.55. The van der Waals surface area contributed by atoms with Crippen LogP contribution in [0, 0.1) is 5.21 Å². The molecule has 0 spiro atoms. The zero-order chi connectivity index (χ0) is 20.1. The minimum atomic E-state index is -0.570. The van der Waals surface area contributed by atoms with Crippen molar-refractivity contribution in [1.82, 2.24) is 0 Å². The predicted molar refractivity (Wildman–Crippen MR) is 111 cm³/mol. The summed E-state index contributed by atoms with van der Waals surface area (Å²) in [4.78, 5) is 24.7. The van der Waals surface area contributed by atoms with Crippen molar-refractivity contribution < 1.29 is 19.1 Å². The highest BCUT2D eigenvalue weighted by Crippen LogP contribution is 2.39. The van der Waals surface area contributed by atoms with E-state index in [1.807, 2.05) is 6.07 Å². The average molecular weight is 435 g/mol. The lowest BCUT2D eigenvalue weighted by molar-refractivity contribution is -0.645. The molecule has 0 bridgehead atoms.